The lowest BCUT2D eigenvalue weighted by molar-refractivity contribution is 0.306. The molecule has 0 radical (unpaired) electrons. The zero-order chi connectivity index (χ0) is 13.0. The molecule has 2 rings (SSSR count). The largest absolute Gasteiger partial charge is 0.489 e. The summed E-state index contributed by atoms with van der Waals surface area (Å²) >= 11 is 0. The van der Waals surface area contributed by atoms with Crippen molar-refractivity contribution in [2.24, 2.45) is 5.73 Å². The molecule has 0 heterocycles. The Labute approximate surface area is 105 Å². The molecule has 0 saturated heterocycles. The van der Waals surface area contributed by atoms with E-state index < -0.39 is 5.82 Å². The quantitative estimate of drug-likeness (QED) is 0.641. The predicted octanol–water partition coefficient (Wildman–Crippen LogP) is 2.69. The molecule has 0 aliphatic heterocycles. The summed E-state index contributed by atoms with van der Waals surface area (Å²) in [5.74, 6) is 0.140. The molecule has 18 heavy (non-hydrogen) atoms. The predicted molar refractivity (Wildman–Crippen MR) is 68.2 cm³/mol. The number of hydrogen-bond donors (Lipinski definition) is 2. The average molecular weight is 244 g/mol. The van der Waals surface area contributed by atoms with E-state index in [4.69, 9.17) is 15.9 Å². The van der Waals surface area contributed by atoms with Crippen molar-refractivity contribution in [3.05, 3.63) is 65.5 Å². The van der Waals surface area contributed by atoms with Crippen LogP contribution in [0.5, 0.6) is 5.75 Å². The third kappa shape index (κ3) is 2.85. The van der Waals surface area contributed by atoms with Crippen LogP contribution < -0.4 is 10.5 Å². The van der Waals surface area contributed by atoms with Crippen molar-refractivity contribution >= 4 is 5.84 Å². The van der Waals surface area contributed by atoms with Gasteiger partial charge in [0.25, 0.3) is 0 Å². The maximum atomic E-state index is 13.1. The Kier molecular flexibility index (Phi) is 3.57. The van der Waals surface area contributed by atoms with E-state index in [1.165, 1.54) is 12.1 Å². The van der Waals surface area contributed by atoms with Gasteiger partial charge in [0, 0.05) is 11.1 Å². The fraction of sp³-hybridized carbons (Fsp3) is 0.0714. The maximum Gasteiger partial charge on any atom is 0.123 e. The average Bonchev–Trinajstić information content (AvgIpc) is 2.38. The molecule has 0 spiro atoms. The van der Waals surface area contributed by atoms with Crippen molar-refractivity contribution in [2.45, 2.75) is 6.61 Å². The SMILES string of the molecule is N=C(N)c1cc(F)ccc1COc1ccccc1. The van der Waals surface area contributed by atoms with Gasteiger partial charge in [-0.25, -0.2) is 4.39 Å². The van der Waals surface area contributed by atoms with Gasteiger partial charge in [0.2, 0.25) is 0 Å². The molecule has 3 N–H and O–H groups in total. The van der Waals surface area contributed by atoms with Gasteiger partial charge in [-0.3, -0.25) is 5.41 Å². The Morgan fingerprint density at radius 1 is 1.17 bits per heavy atom. The smallest absolute Gasteiger partial charge is 0.123 e. The first kappa shape index (κ1) is 12.1. The van der Waals surface area contributed by atoms with E-state index in [2.05, 4.69) is 0 Å². The number of nitrogens with one attached hydrogen (secondary N) is 1. The van der Waals surface area contributed by atoms with Crippen LogP contribution in [0.3, 0.4) is 0 Å². The van der Waals surface area contributed by atoms with Crippen LogP contribution >= 0.6 is 0 Å². The minimum atomic E-state index is -0.413. The fourth-order valence-electron chi connectivity index (χ4n) is 1.60. The first-order valence-corrected chi connectivity index (χ1v) is 5.47. The van der Waals surface area contributed by atoms with Gasteiger partial charge < -0.3 is 10.5 Å². The van der Waals surface area contributed by atoms with Gasteiger partial charge in [0.05, 0.1) is 0 Å². The molecule has 0 aromatic heterocycles. The highest BCUT2D eigenvalue weighted by atomic mass is 19.1. The lowest BCUT2D eigenvalue weighted by atomic mass is 10.1. The highest BCUT2D eigenvalue weighted by Crippen LogP contribution is 2.15. The monoisotopic (exact) mass is 244 g/mol. The number of nitrogens with two attached hydrogens (primary N) is 1. The van der Waals surface area contributed by atoms with Crippen LogP contribution in [0, 0.1) is 11.2 Å². The molecule has 92 valence electrons. The summed E-state index contributed by atoms with van der Waals surface area (Å²) in [5, 5.41) is 7.41. The summed E-state index contributed by atoms with van der Waals surface area (Å²) in [6.07, 6.45) is 0. The standard InChI is InChI=1S/C14H13FN2O/c15-11-7-6-10(13(8-11)14(16)17)9-18-12-4-2-1-3-5-12/h1-8H,9H2,(H3,16,17). The van der Waals surface area contributed by atoms with Crippen molar-refractivity contribution in [1.82, 2.24) is 0 Å². The fourth-order valence-corrected chi connectivity index (χ4v) is 1.60. The molecular weight excluding hydrogens is 231 g/mol. The number of rotatable bonds is 4. The summed E-state index contributed by atoms with van der Waals surface area (Å²) in [4.78, 5) is 0. The Hall–Kier alpha value is -2.36. The minimum Gasteiger partial charge on any atom is -0.489 e. The molecule has 2 aromatic rings. The van der Waals surface area contributed by atoms with Crippen molar-refractivity contribution in [1.29, 1.82) is 5.41 Å². The van der Waals surface area contributed by atoms with E-state index in [1.54, 1.807) is 6.07 Å². The molecule has 0 fully saturated rings. The molecule has 4 heteroatoms. The first-order chi connectivity index (χ1) is 8.66. The number of benzene rings is 2. The van der Waals surface area contributed by atoms with Gasteiger partial charge in [-0.2, -0.15) is 0 Å². The van der Waals surface area contributed by atoms with Gasteiger partial charge in [-0.15, -0.1) is 0 Å². The zero-order valence-corrected chi connectivity index (χ0v) is 9.69. The first-order valence-electron chi connectivity index (χ1n) is 5.47. The van der Waals surface area contributed by atoms with E-state index >= 15 is 0 Å². The third-order valence-corrected chi connectivity index (χ3v) is 2.50. The van der Waals surface area contributed by atoms with Crippen LogP contribution in [-0.4, -0.2) is 5.84 Å². The van der Waals surface area contributed by atoms with Gasteiger partial charge in [0.1, 0.15) is 24.0 Å². The van der Waals surface area contributed by atoms with Gasteiger partial charge in [-0.1, -0.05) is 24.3 Å². The highest BCUT2D eigenvalue weighted by molar-refractivity contribution is 5.96. The van der Waals surface area contributed by atoms with E-state index in [1.807, 2.05) is 30.3 Å². The van der Waals surface area contributed by atoms with Gasteiger partial charge in [-0.05, 0) is 24.3 Å². The van der Waals surface area contributed by atoms with Crippen LogP contribution in [0.2, 0.25) is 0 Å². The number of nitrogen functional groups attached to an aromatic ring is 1. The topological polar surface area (TPSA) is 59.1 Å². The van der Waals surface area contributed by atoms with E-state index in [0.29, 0.717) is 11.1 Å². The van der Waals surface area contributed by atoms with Crippen molar-refractivity contribution in [3.63, 3.8) is 0 Å². The minimum absolute atomic E-state index is 0.166. The lowest BCUT2D eigenvalue weighted by Crippen LogP contribution is -2.15. The summed E-state index contributed by atoms with van der Waals surface area (Å²) in [5.41, 5.74) is 6.47. The number of hydrogen-bond acceptors (Lipinski definition) is 2. The molecule has 0 bridgehead atoms. The molecule has 0 atom stereocenters. The van der Waals surface area contributed by atoms with Crippen LogP contribution in [0.1, 0.15) is 11.1 Å². The van der Waals surface area contributed by atoms with E-state index in [0.717, 1.165) is 5.75 Å². The summed E-state index contributed by atoms with van der Waals surface area (Å²) in [6.45, 7) is 0.249. The molecule has 3 nitrogen and oxygen atoms in total. The zero-order valence-electron chi connectivity index (χ0n) is 9.69. The molecule has 0 aliphatic rings. The van der Waals surface area contributed by atoms with Gasteiger partial charge in [0.15, 0.2) is 0 Å². The van der Waals surface area contributed by atoms with E-state index in [9.17, 15) is 4.39 Å². The number of halogens is 1. The molecule has 0 unspecified atom stereocenters. The van der Waals surface area contributed by atoms with Crippen molar-refractivity contribution in [2.75, 3.05) is 0 Å². The summed E-state index contributed by atoms with van der Waals surface area (Å²) in [6, 6.07) is 13.4. The molecule has 0 saturated carbocycles. The second kappa shape index (κ2) is 5.31. The second-order valence-corrected chi connectivity index (χ2v) is 3.82. The summed E-state index contributed by atoms with van der Waals surface area (Å²) in [7, 11) is 0. The normalized spacial score (nSPS) is 10.1. The molecule has 2 aromatic carbocycles. The van der Waals surface area contributed by atoms with Crippen LogP contribution in [0.4, 0.5) is 4.39 Å². The Morgan fingerprint density at radius 2 is 1.89 bits per heavy atom. The molecule has 0 amide bonds. The summed E-state index contributed by atoms with van der Waals surface area (Å²) < 4.78 is 18.6. The Bertz CT molecular complexity index is 555. The number of ether oxygens (including phenoxy) is 1. The second-order valence-electron chi connectivity index (χ2n) is 3.82. The number of amidine groups is 1. The van der Waals surface area contributed by atoms with Crippen LogP contribution in [0.25, 0.3) is 0 Å². The van der Waals surface area contributed by atoms with Crippen LogP contribution in [-0.2, 0) is 6.61 Å². The van der Waals surface area contributed by atoms with E-state index in [-0.39, 0.29) is 12.4 Å². The Balaban J connectivity index is 2.17. The maximum absolute atomic E-state index is 13.1. The lowest BCUT2D eigenvalue weighted by Gasteiger charge is -2.10. The van der Waals surface area contributed by atoms with Gasteiger partial charge >= 0.3 is 0 Å². The van der Waals surface area contributed by atoms with Crippen LogP contribution in [0.15, 0.2) is 48.5 Å². The highest BCUT2D eigenvalue weighted by Gasteiger charge is 2.07. The number of para-hydroxylation sites is 1. The van der Waals surface area contributed by atoms with Crippen molar-refractivity contribution < 1.29 is 9.13 Å². The Morgan fingerprint density at radius 3 is 2.56 bits per heavy atom. The van der Waals surface area contributed by atoms with Crippen molar-refractivity contribution in [3.8, 4) is 5.75 Å². The molecule has 0 aliphatic carbocycles. The third-order valence-electron chi connectivity index (χ3n) is 2.50. The molecular formula is C14H13FN2O.